The van der Waals surface area contributed by atoms with E-state index >= 15 is 0 Å². The number of piperidine rings is 1. The number of hydrogen-bond acceptors (Lipinski definition) is 2. The number of carboxylic acids is 1. The molecule has 4 heteroatoms. The third-order valence-corrected chi connectivity index (χ3v) is 4.24. The summed E-state index contributed by atoms with van der Waals surface area (Å²) in [6.07, 6.45) is 1.07. The van der Waals surface area contributed by atoms with Crippen LogP contribution in [0, 0.1) is 19.8 Å². The maximum absolute atomic E-state index is 12.5. The molecule has 0 bridgehead atoms. The van der Waals surface area contributed by atoms with E-state index in [1.54, 1.807) is 4.90 Å². The Morgan fingerprint density at radius 1 is 1.25 bits per heavy atom. The second-order valence-corrected chi connectivity index (χ2v) is 5.71. The van der Waals surface area contributed by atoms with E-state index in [2.05, 4.69) is 0 Å². The number of carbonyl (C=O) groups excluding carboxylic acids is 1. The minimum absolute atomic E-state index is 0.00411. The number of nitrogens with zero attached hydrogens (tertiary/aromatic N) is 1. The lowest BCUT2D eigenvalue weighted by molar-refractivity contribution is -0.143. The molecule has 1 N–H and O–H groups in total. The minimum atomic E-state index is -0.755. The SMILES string of the molecule is Cc1ccc(C(=O)N2CCC(C(=O)O)CC2C)cc1C. The molecule has 4 nitrogen and oxygen atoms in total. The highest BCUT2D eigenvalue weighted by atomic mass is 16.4. The molecule has 1 aromatic rings. The summed E-state index contributed by atoms with van der Waals surface area (Å²) in [6, 6.07) is 5.69. The Morgan fingerprint density at radius 2 is 1.95 bits per heavy atom. The van der Waals surface area contributed by atoms with E-state index in [1.165, 1.54) is 5.56 Å². The molecule has 1 fully saturated rings. The molecule has 1 saturated heterocycles. The highest BCUT2D eigenvalue weighted by Crippen LogP contribution is 2.25. The summed E-state index contributed by atoms with van der Waals surface area (Å²) in [5.41, 5.74) is 2.96. The lowest BCUT2D eigenvalue weighted by atomic mass is 9.91. The first kappa shape index (κ1) is 14.6. The second kappa shape index (κ2) is 5.65. The second-order valence-electron chi connectivity index (χ2n) is 5.71. The number of carbonyl (C=O) groups is 2. The Bertz CT molecular complexity index is 539. The van der Waals surface area contributed by atoms with Crippen molar-refractivity contribution in [3.63, 3.8) is 0 Å². The van der Waals surface area contributed by atoms with Gasteiger partial charge in [-0.05, 0) is 56.9 Å². The smallest absolute Gasteiger partial charge is 0.306 e. The highest BCUT2D eigenvalue weighted by Gasteiger charge is 2.32. The summed E-state index contributed by atoms with van der Waals surface area (Å²) in [5, 5.41) is 9.06. The van der Waals surface area contributed by atoms with Crippen LogP contribution in [0.3, 0.4) is 0 Å². The Hall–Kier alpha value is -1.84. The van der Waals surface area contributed by atoms with Gasteiger partial charge in [0.2, 0.25) is 0 Å². The standard InChI is InChI=1S/C16H21NO3/c1-10-4-5-13(8-11(10)2)15(18)17-7-6-14(16(19)20)9-12(17)3/h4-5,8,12,14H,6-7,9H2,1-3H3,(H,19,20). The number of aliphatic carboxylic acids is 1. The molecule has 0 radical (unpaired) electrons. The van der Waals surface area contributed by atoms with Crippen LogP contribution in [0.2, 0.25) is 0 Å². The summed E-state index contributed by atoms with van der Waals surface area (Å²) in [7, 11) is 0. The maximum atomic E-state index is 12.5. The van der Waals surface area contributed by atoms with Gasteiger partial charge < -0.3 is 10.0 Å². The lowest BCUT2D eigenvalue weighted by Gasteiger charge is -2.36. The number of aryl methyl sites for hydroxylation is 2. The number of likely N-dealkylation sites (tertiary alicyclic amines) is 1. The third-order valence-electron chi connectivity index (χ3n) is 4.24. The van der Waals surface area contributed by atoms with E-state index in [0.29, 0.717) is 24.9 Å². The largest absolute Gasteiger partial charge is 0.481 e. The number of hydrogen-bond donors (Lipinski definition) is 1. The van der Waals surface area contributed by atoms with Crippen molar-refractivity contribution in [1.29, 1.82) is 0 Å². The third kappa shape index (κ3) is 2.84. The summed E-state index contributed by atoms with van der Waals surface area (Å²) in [5.74, 6) is -1.08. The Labute approximate surface area is 119 Å². The normalized spacial score (nSPS) is 22.6. The maximum Gasteiger partial charge on any atom is 0.306 e. The predicted octanol–water partition coefficient (Wildman–Crippen LogP) is 2.63. The minimum Gasteiger partial charge on any atom is -0.481 e. The molecule has 1 aliphatic rings. The van der Waals surface area contributed by atoms with E-state index in [-0.39, 0.29) is 17.9 Å². The van der Waals surface area contributed by atoms with Crippen molar-refractivity contribution in [1.82, 2.24) is 4.90 Å². The summed E-state index contributed by atoms with van der Waals surface area (Å²) < 4.78 is 0. The van der Waals surface area contributed by atoms with Crippen LogP contribution < -0.4 is 0 Å². The monoisotopic (exact) mass is 275 g/mol. The van der Waals surface area contributed by atoms with Crippen molar-refractivity contribution in [2.75, 3.05) is 6.54 Å². The van der Waals surface area contributed by atoms with Crippen molar-refractivity contribution in [2.45, 2.75) is 39.7 Å². The van der Waals surface area contributed by atoms with Gasteiger partial charge in [0.05, 0.1) is 5.92 Å². The van der Waals surface area contributed by atoms with Gasteiger partial charge in [-0.25, -0.2) is 0 Å². The van der Waals surface area contributed by atoms with Crippen LogP contribution in [0.15, 0.2) is 18.2 Å². The molecule has 1 aliphatic heterocycles. The Morgan fingerprint density at radius 3 is 2.50 bits per heavy atom. The van der Waals surface area contributed by atoms with Gasteiger partial charge in [-0.3, -0.25) is 9.59 Å². The molecule has 1 aromatic carbocycles. The highest BCUT2D eigenvalue weighted by molar-refractivity contribution is 5.94. The molecular formula is C16H21NO3. The van der Waals surface area contributed by atoms with Gasteiger partial charge in [-0.15, -0.1) is 0 Å². The van der Waals surface area contributed by atoms with Gasteiger partial charge in [-0.1, -0.05) is 6.07 Å². The van der Waals surface area contributed by atoms with Crippen LogP contribution >= 0.6 is 0 Å². The summed E-state index contributed by atoms with van der Waals surface area (Å²) >= 11 is 0. The fourth-order valence-corrected chi connectivity index (χ4v) is 2.74. The molecule has 2 unspecified atom stereocenters. The number of benzene rings is 1. The van der Waals surface area contributed by atoms with Crippen LogP contribution in [0.1, 0.15) is 41.3 Å². The van der Waals surface area contributed by atoms with E-state index < -0.39 is 5.97 Å². The van der Waals surface area contributed by atoms with Crippen LogP contribution in [0.4, 0.5) is 0 Å². The van der Waals surface area contributed by atoms with Crippen LogP contribution in [-0.4, -0.2) is 34.5 Å². The van der Waals surface area contributed by atoms with E-state index in [4.69, 9.17) is 5.11 Å². The predicted molar refractivity (Wildman–Crippen MR) is 76.8 cm³/mol. The first-order valence-corrected chi connectivity index (χ1v) is 7.01. The molecule has 108 valence electrons. The zero-order valence-electron chi connectivity index (χ0n) is 12.2. The molecular weight excluding hydrogens is 254 g/mol. The summed E-state index contributed by atoms with van der Waals surface area (Å²) in [4.78, 5) is 25.3. The van der Waals surface area contributed by atoms with Gasteiger partial charge in [0, 0.05) is 18.2 Å². The van der Waals surface area contributed by atoms with Crippen molar-refractivity contribution in [3.05, 3.63) is 34.9 Å². The number of carboxylic acid groups (broad SMARTS) is 1. The lowest BCUT2D eigenvalue weighted by Crippen LogP contribution is -2.46. The molecule has 1 amide bonds. The Kier molecular flexibility index (Phi) is 4.12. The van der Waals surface area contributed by atoms with Gasteiger partial charge in [-0.2, -0.15) is 0 Å². The van der Waals surface area contributed by atoms with Crippen molar-refractivity contribution in [2.24, 2.45) is 5.92 Å². The van der Waals surface area contributed by atoms with E-state index in [0.717, 1.165) is 5.56 Å². The van der Waals surface area contributed by atoms with Crippen LogP contribution in [0.5, 0.6) is 0 Å². The van der Waals surface area contributed by atoms with Crippen molar-refractivity contribution < 1.29 is 14.7 Å². The average Bonchev–Trinajstić information content (AvgIpc) is 2.41. The average molecular weight is 275 g/mol. The van der Waals surface area contributed by atoms with Crippen LogP contribution in [-0.2, 0) is 4.79 Å². The first-order chi connectivity index (χ1) is 9.40. The van der Waals surface area contributed by atoms with Gasteiger partial charge in [0.1, 0.15) is 0 Å². The van der Waals surface area contributed by atoms with Gasteiger partial charge in [0.25, 0.3) is 5.91 Å². The molecule has 1 heterocycles. The van der Waals surface area contributed by atoms with Crippen LogP contribution in [0.25, 0.3) is 0 Å². The van der Waals surface area contributed by atoms with Crippen molar-refractivity contribution in [3.8, 4) is 0 Å². The summed E-state index contributed by atoms with van der Waals surface area (Å²) in [6.45, 7) is 6.45. The topological polar surface area (TPSA) is 57.6 Å². The number of rotatable bonds is 2. The molecule has 0 aromatic heterocycles. The fourth-order valence-electron chi connectivity index (χ4n) is 2.74. The van der Waals surface area contributed by atoms with E-state index in [9.17, 15) is 9.59 Å². The number of amides is 1. The molecule has 2 rings (SSSR count). The molecule has 0 spiro atoms. The molecule has 0 saturated carbocycles. The fraction of sp³-hybridized carbons (Fsp3) is 0.500. The molecule has 0 aliphatic carbocycles. The zero-order valence-corrected chi connectivity index (χ0v) is 12.2. The molecule has 2 atom stereocenters. The first-order valence-electron chi connectivity index (χ1n) is 7.01. The zero-order chi connectivity index (χ0) is 14.9. The Balaban J connectivity index is 2.13. The van der Waals surface area contributed by atoms with Gasteiger partial charge >= 0.3 is 5.97 Å². The van der Waals surface area contributed by atoms with Gasteiger partial charge in [0.15, 0.2) is 0 Å². The quantitative estimate of drug-likeness (QED) is 0.902. The van der Waals surface area contributed by atoms with E-state index in [1.807, 2.05) is 39.0 Å². The van der Waals surface area contributed by atoms with Crippen molar-refractivity contribution >= 4 is 11.9 Å². The molecule has 20 heavy (non-hydrogen) atoms.